The molecule has 1 aliphatic carbocycles. The summed E-state index contributed by atoms with van der Waals surface area (Å²) in [6.07, 6.45) is 3.21. The van der Waals surface area contributed by atoms with E-state index in [9.17, 15) is 4.79 Å². The van der Waals surface area contributed by atoms with Gasteiger partial charge in [-0.3, -0.25) is 4.79 Å². The van der Waals surface area contributed by atoms with E-state index in [1.54, 1.807) is 0 Å². The normalized spacial score (nSPS) is 20.8. The smallest absolute Gasteiger partial charge is 0.226 e. The number of hydrogen-bond acceptors (Lipinski definition) is 2. The zero-order chi connectivity index (χ0) is 15.4. The van der Waals surface area contributed by atoms with E-state index in [0.717, 1.165) is 23.7 Å². The van der Waals surface area contributed by atoms with E-state index < -0.39 is 0 Å². The Kier molecular flexibility index (Phi) is 7.87. The molecule has 124 valence electrons. The number of halogens is 2. The van der Waals surface area contributed by atoms with Crippen LogP contribution in [-0.4, -0.2) is 23.4 Å². The number of amides is 1. The van der Waals surface area contributed by atoms with Gasteiger partial charge < -0.3 is 10.6 Å². The molecule has 2 rings (SSSR count). The topological polar surface area (TPSA) is 46.3 Å². The minimum Gasteiger partial charge on any atom is -0.336 e. The van der Waals surface area contributed by atoms with E-state index >= 15 is 0 Å². The molecule has 0 aliphatic heterocycles. The fraction of sp³-hybridized carbons (Fsp3) is 0.588. The first kappa shape index (κ1) is 19.5. The molecule has 0 heterocycles. The lowest BCUT2D eigenvalue weighted by atomic mass is 9.94. The van der Waals surface area contributed by atoms with Crippen LogP contribution in [0.4, 0.5) is 0 Å². The van der Waals surface area contributed by atoms with Gasteiger partial charge >= 0.3 is 0 Å². The summed E-state index contributed by atoms with van der Waals surface area (Å²) in [5.41, 5.74) is 7.00. The molecule has 1 fully saturated rings. The van der Waals surface area contributed by atoms with Gasteiger partial charge in [-0.2, -0.15) is 0 Å². The molecule has 0 radical (unpaired) electrons. The Morgan fingerprint density at radius 3 is 2.50 bits per heavy atom. The highest BCUT2D eigenvalue weighted by Gasteiger charge is 2.35. The van der Waals surface area contributed by atoms with Crippen molar-refractivity contribution in [2.24, 2.45) is 17.6 Å². The average molecular weight is 390 g/mol. The highest BCUT2D eigenvalue weighted by molar-refractivity contribution is 9.10. The molecule has 3 nitrogen and oxygen atoms in total. The minimum absolute atomic E-state index is 0. The number of nitrogens with two attached hydrogens (primary N) is 1. The highest BCUT2D eigenvalue weighted by atomic mass is 79.9. The van der Waals surface area contributed by atoms with Crippen LogP contribution in [0.5, 0.6) is 0 Å². The quantitative estimate of drug-likeness (QED) is 0.828. The van der Waals surface area contributed by atoms with Crippen molar-refractivity contribution >= 4 is 34.2 Å². The van der Waals surface area contributed by atoms with E-state index in [4.69, 9.17) is 5.73 Å². The second-order valence-electron chi connectivity index (χ2n) is 6.22. The second-order valence-corrected chi connectivity index (χ2v) is 7.14. The Bertz CT molecular complexity index is 478. The standard InChI is InChI=1S/C17H25BrN2O.ClH/c1-12(2)20(11-13-6-8-15(18)9-7-13)17(21)16-5-3-4-14(16)10-19;/h6-9,12,14,16H,3-5,10-11,19H2,1-2H3;1H/t14-,16-;/m1./s1. The first-order valence-corrected chi connectivity index (χ1v) is 8.57. The molecule has 0 aromatic heterocycles. The van der Waals surface area contributed by atoms with Gasteiger partial charge in [0, 0.05) is 23.0 Å². The van der Waals surface area contributed by atoms with Crippen molar-refractivity contribution in [1.29, 1.82) is 0 Å². The summed E-state index contributed by atoms with van der Waals surface area (Å²) in [6.45, 7) is 5.48. The van der Waals surface area contributed by atoms with Gasteiger partial charge in [-0.1, -0.05) is 34.5 Å². The summed E-state index contributed by atoms with van der Waals surface area (Å²) in [5, 5.41) is 0. The monoisotopic (exact) mass is 388 g/mol. The van der Waals surface area contributed by atoms with E-state index in [-0.39, 0.29) is 30.3 Å². The molecular weight excluding hydrogens is 364 g/mol. The Balaban J connectivity index is 0.00000242. The number of hydrogen-bond donors (Lipinski definition) is 1. The van der Waals surface area contributed by atoms with Gasteiger partial charge in [-0.05, 0) is 56.8 Å². The van der Waals surface area contributed by atoms with Crippen LogP contribution in [-0.2, 0) is 11.3 Å². The fourth-order valence-electron chi connectivity index (χ4n) is 3.16. The Labute approximate surface area is 148 Å². The molecule has 0 saturated heterocycles. The maximum absolute atomic E-state index is 12.9. The molecule has 1 aromatic carbocycles. The largest absolute Gasteiger partial charge is 0.336 e. The van der Waals surface area contributed by atoms with Crippen molar-refractivity contribution in [2.45, 2.75) is 45.7 Å². The predicted octanol–water partition coefficient (Wildman–Crippen LogP) is 3.98. The summed E-state index contributed by atoms with van der Waals surface area (Å²) in [5.74, 6) is 0.761. The Morgan fingerprint density at radius 2 is 1.95 bits per heavy atom. The molecule has 0 bridgehead atoms. The van der Waals surface area contributed by atoms with Gasteiger partial charge in [0.15, 0.2) is 0 Å². The number of carbonyl (C=O) groups is 1. The van der Waals surface area contributed by atoms with E-state index in [1.165, 1.54) is 5.56 Å². The first-order chi connectivity index (χ1) is 10.0. The van der Waals surface area contributed by atoms with Crippen molar-refractivity contribution < 1.29 is 4.79 Å². The minimum atomic E-state index is 0. The molecule has 0 spiro atoms. The fourth-order valence-corrected chi connectivity index (χ4v) is 3.42. The summed E-state index contributed by atoms with van der Waals surface area (Å²) in [4.78, 5) is 14.9. The molecule has 1 amide bonds. The third-order valence-corrected chi connectivity index (χ3v) is 4.98. The molecule has 1 aliphatic rings. The summed E-state index contributed by atoms with van der Waals surface area (Å²) in [6, 6.07) is 8.40. The lowest BCUT2D eigenvalue weighted by Gasteiger charge is -2.31. The summed E-state index contributed by atoms with van der Waals surface area (Å²) in [7, 11) is 0. The molecule has 22 heavy (non-hydrogen) atoms. The zero-order valence-corrected chi connectivity index (χ0v) is 15.7. The number of rotatable bonds is 5. The average Bonchev–Trinajstić information content (AvgIpc) is 2.94. The molecule has 2 atom stereocenters. The Morgan fingerprint density at radius 1 is 1.32 bits per heavy atom. The number of benzene rings is 1. The van der Waals surface area contributed by atoms with E-state index in [0.29, 0.717) is 19.0 Å². The lowest BCUT2D eigenvalue weighted by Crippen LogP contribution is -2.42. The van der Waals surface area contributed by atoms with Crippen LogP contribution in [0.25, 0.3) is 0 Å². The van der Waals surface area contributed by atoms with Crippen LogP contribution in [0.1, 0.15) is 38.7 Å². The van der Waals surface area contributed by atoms with Gasteiger partial charge in [0.25, 0.3) is 0 Å². The van der Waals surface area contributed by atoms with Gasteiger partial charge in [0.2, 0.25) is 5.91 Å². The molecule has 2 N–H and O–H groups in total. The van der Waals surface area contributed by atoms with Crippen LogP contribution in [0.15, 0.2) is 28.7 Å². The van der Waals surface area contributed by atoms with Gasteiger partial charge in [-0.25, -0.2) is 0 Å². The second kappa shape index (κ2) is 8.90. The predicted molar refractivity (Wildman–Crippen MR) is 97.0 cm³/mol. The Hall–Kier alpha value is -0.580. The molecule has 1 saturated carbocycles. The molecule has 0 unspecified atom stereocenters. The SMILES string of the molecule is CC(C)N(Cc1ccc(Br)cc1)C(=O)[C@@H]1CCC[C@@H]1CN.Cl. The zero-order valence-electron chi connectivity index (χ0n) is 13.3. The third kappa shape index (κ3) is 4.71. The van der Waals surface area contributed by atoms with Crippen LogP contribution in [0.3, 0.4) is 0 Å². The van der Waals surface area contributed by atoms with Gasteiger partial charge in [0.1, 0.15) is 0 Å². The van der Waals surface area contributed by atoms with E-state index in [1.807, 2.05) is 17.0 Å². The highest BCUT2D eigenvalue weighted by Crippen LogP contribution is 2.33. The maximum Gasteiger partial charge on any atom is 0.226 e. The molecular formula is C17H26BrClN2O. The van der Waals surface area contributed by atoms with Gasteiger partial charge in [-0.15, -0.1) is 12.4 Å². The van der Waals surface area contributed by atoms with Crippen molar-refractivity contribution in [1.82, 2.24) is 4.90 Å². The van der Waals surface area contributed by atoms with Crippen molar-refractivity contribution in [2.75, 3.05) is 6.54 Å². The lowest BCUT2D eigenvalue weighted by molar-refractivity contribution is -0.139. The van der Waals surface area contributed by atoms with Crippen LogP contribution >= 0.6 is 28.3 Å². The third-order valence-electron chi connectivity index (χ3n) is 4.45. The number of nitrogens with zero attached hydrogens (tertiary/aromatic N) is 1. The van der Waals surface area contributed by atoms with Crippen LogP contribution in [0.2, 0.25) is 0 Å². The summed E-state index contributed by atoms with van der Waals surface area (Å²) < 4.78 is 1.06. The van der Waals surface area contributed by atoms with Gasteiger partial charge in [0.05, 0.1) is 0 Å². The van der Waals surface area contributed by atoms with Crippen LogP contribution < -0.4 is 5.73 Å². The maximum atomic E-state index is 12.9. The molecule has 1 aromatic rings. The summed E-state index contributed by atoms with van der Waals surface area (Å²) >= 11 is 3.45. The van der Waals surface area contributed by atoms with Crippen molar-refractivity contribution in [3.05, 3.63) is 34.3 Å². The van der Waals surface area contributed by atoms with E-state index in [2.05, 4.69) is 41.9 Å². The number of carbonyl (C=O) groups excluding carboxylic acids is 1. The first-order valence-electron chi connectivity index (χ1n) is 7.78. The van der Waals surface area contributed by atoms with Crippen molar-refractivity contribution in [3.8, 4) is 0 Å². The molecule has 5 heteroatoms. The van der Waals surface area contributed by atoms with Crippen molar-refractivity contribution in [3.63, 3.8) is 0 Å². The van der Waals surface area contributed by atoms with Crippen LogP contribution in [0, 0.1) is 11.8 Å².